The third-order valence-electron chi connectivity index (χ3n) is 8.93. The van der Waals surface area contributed by atoms with Crippen molar-refractivity contribution in [1.29, 1.82) is 0 Å². The summed E-state index contributed by atoms with van der Waals surface area (Å²) >= 11 is 0. The Morgan fingerprint density at radius 1 is 0.735 bits per heavy atom. The average molecular weight is 462 g/mol. The molecule has 2 aromatic rings. The van der Waals surface area contributed by atoms with Crippen LogP contribution in [0.3, 0.4) is 0 Å². The van der Waals surface area contributed by atoms with Crippen LogP contribution in [0.4, 0.5) is 0 Å². The highest BCUT2D eigenvalue weighted by molar-refractivity contribution is 5.64. The van der Waals surface area contributed by atoms with Gasteiger partial charge in [-0.15, -0.1) is 0 Å². The predicted octanol–water partition coefficient (Wildman–Crippen LogP) is 8.56. The SMILES string of the molecule is CCCCOC1CCC(c2ccc(-c3ccc(C4CC(C)(C)N(C)C(C)(C)C4)cc3)cc2)CC1. The molecule has 0 amide bonds. The largest absolute Gasteiger partial charge is 0.378 e. The lowest BCUT2D eigenvalue weighted by Gasteiger charge is -2.54. The fourth-order valence-electron chi connectivity index (χ4n) is 6.46. The van der Waals surface area contributed by atoms with Gasteiger partial charge in [0.25, 0.3) is 0 Å². The summed E-state index contributed by atoms with van der Waals surface area (Å²) in [4.78, 5) is 2.57. The number of benzene rings is 2. The van der Waals surface area contributed by atoms with Crippen LogP contribution in [0.25, 0.3) is 11.1 Å². The molecule has 0 N–H and O–H groups in total. The molecule has 1 saturated carbocycles. The predicted molar refractivity (Wildman–Crippen MR) is 146 cm³/mol. The highest BCUT2D eigenvalue weighted by atomic mass is 16.5. The summed E-state index contributed by atoms with van der Waals surface area (Å²) in [6.07, 6.45) is 10.3. The van der Waals surface area contributed by atoms with Crippen molar-refractivity contribution < 1.29 is 4.74 Å². The number of hydrogen-bond acceptors (Lipinski definition) is 2. The smallest absolute Gasteiger partial charge is 0.0575 e. The topological polar surface area (TPSA) is 12.5 Å². The monoisotopic (exact) mass is 461 g/mol. The zero-order valence-electron chi connectivity index (χ0n) is 22.6. The van der Waals surface area contributed by atoms with Gasteiger partial charge >= 0.3 is 0 Å². The normalized spacial score (nSPS) is 25.4. The third kappa shape index (κ3) is 5.77. The molecule has 2 nitrogen and oxygen atoms in total. The van der Waals surface area contributed by atoms with Crippen molar-refractivity contribution in [2.24, 2.45) is 0 Å². The van der Waals surface area contributed by atoms with E-state index in [-0.39, 0.29) is 11.1 Å². The minimum Gasteiger partial charge on any atom is -0.378 e. The molecule has 2 fully saturated rings. The van der Waals surface area contributed by atoms with E-state index >= 15 is 0 Å². The van der Waals surface area contributed by atoms with Gasteiger partial charge in [-0.05, 0) is 114 Å². The molecule has 0 bridgehead atoms. The second-order valence-electron chi connectivity index (χ2n) is 12.2. The van der Waals surface area contributed by atoms with Gasteiger partial charge in [0.15, 0.2) is 0 Å². The van der Waals surface area contributed by atoms with Gasteiger partial charge in [0, 0.05) is 17.7 Å². The van der Waals surface area contributed by atoms with Crippen LogP contribution in [0, 0.1) is 0 Å². The minimum absolute atomic E-state index is 0.224. The van der Waals surface area contributed by atoms with Crippen LogP contribution in [-0.4, -0.2) is 35.7 Å². The van der Waals surface area contributed by atoms with Gasteiger partial charge < -0.3 is 4.74 Å². The number of likely N-dealkylation sites (tertiary alicyclic amines) is 1. The first-order valence-electron chi connectivity index (χ1n) is 13.8. The van der Waals surface area contributed by atoms with Gasteiger partial charge in [-0.3, -0.25) is 4.90 Å². The lowest BCUT2D eigenvalue weighted by atomic mass is 9.71. The fourth-order valence-corrected chi connectivity index (χ4v) is 6.46. The molecule has 2 aliphatic rings. The van der Waals surface area contributed by atoms with Crippen molar-refractivity contribution in [2.45, 2.75) is 115 Å². The van der Waals surface area contributed by atoms with Crippen LogP contribution in [0.15, 0.2) is 48.5 Å². The maximum atomic E-state index is 6.06. The number of hydrogen-bond donors (Lipinski definition) is 0. The van der Waals surface area contributed by atoms with Crippen LogP contribution in [-0.2, 0) is 4.74 Å². The Morgan fingerprint density at radius 3 is 1.68 bits per heavy atom. The maximum absolute atomic E-state index is 6.06. The van der Waals surface area contributed by atoms with E-state index in [0.29, 0.717) is 17.9 Å². The van der Waals surface area contributed by atoms with Gasteiger partial charge in [-0.2, -0.15) is 0 Å². The average Bonchev–Trinajstić information content (AvgIpc) is 2.83. The van der Waals surface area contributed by atoms with Gasteiger partial charge in [0.2, 0.25) is 0 Å². The van der Waals surface area contributed by atoms with Crippen LogP contribution >= 0.6 is 0 Å². The van der Waals surface area contributed by atoms with Gasteiger partial charge in [-0.1, -0.05) is 61.9 Å². The zero-order valence-corrected chi connectivity index (χ0v) is 22.6. The van der Waals surface area contributed by atoms with Crippen molar-refractivity contribution in [3.63, 3.8) is 0 Å². The van der Waals surface area contributed by atoms with E-state index in [1.54, 1.807) is 0 Å². The standard InChI is InChI=1S/C32H47NO/c1-7-8-21-34-30-19-17-27(18-20-30)26-11-9-24(10-12-26)25-13-15-28(16-14-25)29-22-31(2,3)33(6)32(4,5)23-29/h9-16,27,29-30H,7-8,17-23H2,1-6H3. The summed E-state index contributed by atoms with van der Waals surface area (Å²) in [6.45, 7) is 12.7. The number of ether oxygens (including phenoxy) is 1. The van der Waals surface area contributed by atoms with Crippen LogP contribution < -0.4 is 0 Å². The molecular formula is C32H47NO. The molecule has 0 radical (unpaired) electrons. The molecule has 0 atom stereocenters. The molecule has 186 valence electrons. The molecule has 4 rings (SSSR count). The van der Waals surface area contributed by atoms with E-state index in [1.165, 1.54) is 73.6 Å². The summed E-state index contributed by atoms with van der Waals surface area (Å²) in [5, 5.41) is 0. The Bertz CT molecular complexity index is 885. The van der Waals surface area contributed by atoms with Crippen molar-refractivity contribution >= 4 is 0 Å². The van der Waals surface area contributed by atoms with E-state index in [2.05, 4.69) is 95.1 Å². The van der Waals surface area contributed by atoms with Gasteiger partial charge in [0.1, 0.15) is 0 Å². The second kappa shape index (κ2) is 10.5. The van der Waals surface area contributed by atoms with Crippen molar-refractivity contribution in [2.75, 3.05) is 13.7 Å². The summed E-state index contributed by atoms with van der Waals surface area (Å²) in [6, 6.07) is 18.8. The molecule has 0 aromatic heterocycles. The molecule has 2 aromatic carbocycles. The Hall–Kier alpha value is -1.64. The van der Waals surface area contributed by atoms with Crippen LogP contribution in [0.2, 0.25) is 0 Å². The Kier molecular flexibility index (Phi) is 7.89. The number of piperidine rings is 1. The Morgan fingerprint density at radius 2 is 1.21 bits per heavy atom. The summed E-state index contributed by atoms with van der Waals surface area (Å²) < 4.78 is 6.06. The van der Waals surface area contributed by atoms with E-state index < -0.39 is 0 Å². The van der Waals surface area contributed by atoms with Gasteiger partial charge in [-0.25, -0.2) is 0 Å². The molecule has 0 unspecified atom stereocenters. The van der Waals surface area contributed by atoms with Crippen molar-refractivity contribution in [3.8, 4) is 11.1 Å². The van der Waals surface area contributed by atoms with Crippen LogP contribution in [0.5, 0.6) is 0 Å². The van der Waals surface area contributed by atoms with E-state index in [4.69, 9.17) is 4.74 Å². The van der Waals surface area contributed by atoms with E-state index in [1.807, 2.05) is 0 Å². The van der Waals surface area contributed by atoms with Gasteiger partial charge in [0.05, 0.1) is 6.10 Å². The Balaban J connectivity index is 1.37. The summed E-state index contributed by atoms with van der Waals surface area (Å²) in [5.74, 6) is 1.32. The maximum Gasteiger partial charge on any atom is 0.0575 e. The molecule has 2 heteroatoms. The van der Waals surface area contributed by atoms with Crippen LogP contribution in [0.1, 0.15) is 109 Å². The summed E-state index contributed by atoms with van der Waals surface area (Å²) in [5.41, 5.74) is 6.10. The first kappa shape index (κ1) is 25.5. The van der Waals surface area contributed by atoms with E-state index in [9.17, 15) is 0 Å². The fraction of sp³-hybridized carbons (Fsp3) is 0.625. The second-order valence-corrected chi connectivity index (χ2v) is 12.2. The molecule has 1 heterocycles. The molecule has 0 spiro atoms. The number of rotatable bonds is 7. The minimum atomic E-state index is 0.224. The molecular weight excluding hydrogens is 414 g/mol. The Labute approximate surface area is 209 Å². The highest BCUT2D eigenvalue weighted by Crippen LogP contribution is 2.45. The zero-order chi connectivity index (χ0) is 24.3. The van der Waals surface area contributed by atoms with Crippen molar-refractivity contribution in [1.82, 2.24) is 4.90 Å². The first-order valence-corrected chi connectivity index (χ1v) is 13.8. The third-order valence-corrected chi connectivity index (χ3v) is 8.93. The molecule has 1 saturated heterocycles. The quantitative estimate of drug-likeness (QED) is 0.383. The lowest BCUT2D eigenvalue weighted by molar-refractivity contribution is -0.0128. The number of nitrogens with zero attached hydrogens (tertiary/aromatic N) is 1. The first-order chi connectivity index (χ1) is 16.2. The summed E-state index contributed by atoms with van der Waals surface area (Å²) in [7, 11) is 2.29. The molecule has 1 aliphatic carbocycles. The number of unbranched alkanes of at least 4 members (excludes halogenated alkanes) is 1. The molecule has 1 aliphatic heterocycles. The highest BCUT2D eigenvalue weighted by Gasteiger charge is 2.43. The molecule has 34 heavy (non-hydrogen) atoms. The lowest BCUT2D eigenvalue weighted by Crippen LogP contribution is -2.58. The van der Waals surface area contributed by atoms with Crippen molar-refractivity contribution in [3.05, 3.63) is 59.7 Å². The van der Waals surface area contributed by atoms with E-state index in [0.717, 1.165) is 6.61 Å².